The number of rotatable bonds is 4. The van der Waals surface area contributed by atoms with Crippen LogP contribution in [0.3, 0.4) is 0 Å². The normalized spacial score (nSPS) is 12.0. The Balaban J connectivity index is 2.25. The minimum absolute atomic E-state index is 0.197. The van der Waals surface area contributed by atoms with Gasteiger partial charge in [-0.15, -0.1) is 0 Å². The Hall–Kier alpha value is -1.73. The first-order chi connectivity index (χ1) is 8.91. The monoisotopic (exact) mass is 280 g/mol. The molecule has 2 rings (SSSR count). The zero-order chi connectivity index (χ0) is 14.0. The third-order valence-electron chi connectivity index (χ3n) is 2.80. The standard InChI is InChI=1S/C12H16N4O2S/c1-9-5-4-6-11(14-9)8-16(3)19(17,18)12-7-13-15-10(12)2/h4-7H,8H2,1-3H3,(H,13,15). The predicted octanol–water partition coefficient (Wildman–Crippen LogP) is 1.24. The summed E-state index contributed by atoms with van der Waals surface area (Å²) in [6.07, 6.45) is 1.32. The van der Waals surface area contributed by atoms with E-state index in [9.17, 15) is 8.42 Å². The van der Waals surface area contributed by atoms with Gasteiger partial charge in [-0.05, 0) is 26.0 Å². The minimum atomic E-state index is -3.54. The largest absolute Gasteiger partial charge is 0.281 e. The van der Waals surface area contributed by atoms with Crippen molar-refractivity contribution in [1.29, 1.82) is 0 Å². The van der Waals surface area contributed by atoms with Crippen LogP contribution in [-0.4, -0.2) is 35.0 Å². The molecule has 6 nitrogen and oxygen atoms in total. The maximum absolute atomic E-state index is 12.3. The lowest BCUT2D eigenvalue weighted by molar-refractivity contribution is 0.461. The van der Waals surface area contributed by atoms with E-state index < -0.39 is 10.0 Å². The number of H-pyrrole nitrogens is 1. The molecule has 0 unspecified atom stereocenters. The quantitative estimate of drug-likeness (QED) is 0.914. The second-order valence-corrected chi connectivity index (χ2v) is 6.40. The number of nitrogens with one attached hydrogen (secondary N) is 1. The summed E-state index contributed by atoms with van der Waals surface area (Å²) in [5.74, 6) is 0. The Kier molecular flexibility index (Phi) is 3.68. The van der Waals surface area contributed by atoms with Crippen molar-refractivity contribution < 1.29 is 8.42 Å². The average molecular weight is 280 g/mol. The van der Waals surface area contributed by atoms with E-state index in [-0.39, 0.29) is 11.4 Å². The molecular formula is C12H16N4O2S. The number of hydrogen-bond donors (Lipinski definition) is 1. The number of aromatic amines is 1. The van der Waals surface area contributed by atoms with Gasteiger partial charge in [0, 0.05) is 12.7 Å². The Labute approximate surface area is 112 Å². The molecule has 1 N–H and O–H groups in total. The Morgan fingerprint density at radius 1 is 1.32 bits per heavy atom. The van der Waals surface area contributed by atoms with Crippen molar-refractivity contribution in [1.82, 2.24) is 19.5 Å². The fourth-order valence-electron chi connectivity index (χ4n) is 1.77. The molecule has 0 amide bonds. The molecule has 2 aromatic rings. The van der Waals surface area contributed by atoms with Gasteiger partial charge >= 0.3 is 0 Å². The van der Waals surface area contributed by atoms with Crippen molar-refractivity contribution in [2.45, 2.75) is 25.3 Å². The Morgan fingerprint density at radius 3 is 2.63 bits per heavy atom. The van der Waals surface area contributed by atoms with Crippen molar-refractivity contribution in [2.24, 2.45) is 0 Å². The van der Waals surface area contributed by atoms with Crippen molar-refractivity contribution in [3.8, 4) is 0 Å². The van der Waals surface area contributed by atoms with Gasteiger partial charge in [0.25, 0.3) is 0 Å². The number of aromatic nitrogens is 3. The van der Waals surface area contributed by atoms with E-state index in [0.717, 1.165) is 5.69 Å². The highest BCUT2D eigenvalue weighted by molar-refractivity contribution is 7.89. The van der Waals surface area contributed by atoms with Gasteiger partial charge < -0.3 is 0 Å². The molecule has 0 fully saturated rings. The molecule has 0 saturated carbocycles. The fourth-order valence-corrected chi connectivity index (χ4v) is 3.02. The van der Waals surface area contributed by atoms with Gasteiger partial charge in [-0.2, -0.15) is 9.40 Å². The van der Waals surface area contributed by atoms with Gasteiger partial charge in [-0.3, -0.25) is 10.1 Å². The second-order valence-electron chi connectivity index (χ2n) is 4.39. The van der Waals surface area contributed by atoms with Crippen molar-refractivity contribution >= 4 is 10.0 Å². The summed E-state index contributed by atoms with van der Waals surface area (Å²) < 4.78 is 26.0. The zero-order valence-corrected chi connectivity index (χ0v) is 11.9. The van der Waals surface area contributed by atoms with E-state index in [1.165, 1.54) is 17.5 Å². The lowest BCUT2D eigenvalue weighted by atomic mass is 10.3. The summed E-state index contributed by atoms with van der Waals surface area (Å²) in [6, 6.07) is 5.54. The SMILES string of the molecule is Cc1cccc(CN(C)S(=O)(=O)c2cn[nH]c2C)n1. The zero-order valence-electron chi connectivity index (χ0n) is 11.1. The minimum Gasteiger partial charge on any atom is -0.281 e. The first-order valence-electron chi connectivity index (χ1n) is 5.80. The first kappa shape index (κ1) is 13.7. The van der Waals surface area contributed by atoms with Gasteiger partial charge in [0.1, 0.15) is 4.90 Å². The van der Waals surface area contributed by atoms with E-state index in [1.807, 2.05) is 19.1 Å². The van der Waals surface area contributed by atoms with Crippen LogP contribution in [0.4, 0.5) is 0 Å². The van der Waals surface area contributed by atoms with Gasteiger partial charge in [-0.25, -0.2) is 8.42 Å². The summed E-state index contributed by atoms with van der Waals surface area (Å²) in [6.45, 7) is 3.78. The lowest BCUT2D eigenvalue weighted by Gasteiger charge is -2.16. The van der Waals surface area contributed by atoms with Gasteiger partial charge in [0.2, 0.25) is 10.0 Å². The lowest BCUT2D eigenvalue weighted by Crippen LogP contribution is -2.27. The van der Waals surface area contributed by atoms with E-state index in [0.29, 0.717) is 11.4 Å². The third kappa shape index (κ3) is 2.82. The molecule has 0 bridgehead atoms. The van der Waals surface area contributed by atoms with Gasteiger partial charge in [0.05, 0.1) is 24.1 Å². The van der Waals surface area contributed by atoms with E-state index >= 15 is 0 Å². The highest BCUT2D eigenvalue weighted by atomic mass is 32.2. The summed E-state index contributed by atoms with van der Waals surface area (Å²) in [7, 11) is -2.00. The third-order valence-corrected chi connectivity index (χ3v) is 4.72. The van der Waals surface area contributed by atoms with Crippen LogP contribution < -0.4 is 0 Å². The van der Waals surface area contributed by atoms with E-state index in [2.05, 4.69) is 15.2 Å². The first-order valence-corrected chi connectivity index (χ1v) is 7.24. The van der Waals surface area contributed by atoms with Crippen LogP contribution in [0.2, 0.25) is 0 Å². The highest BCUT2D eigenvalue weighted by Crippen LogP contribution is 2.17. The topological polar surface area (TPSA) is 79.0 Å². The number of sulfonamides is 1. The Morgan fingerprint density at radius 2 is 2.05 bits per heavy atom. The molecule has 2 aromatic heterocycles. The molecular weight excluding hydrogens is 264 g/mol. The number of nitrogens with zero attached hydrogens (tertiary/aromatic N) is 3. The second kappa shape index (κ2) is 5.10. The van der Waals surface area contributed by atoms with Gasteiger partial charge in [0.15, 0.2) is 0 Å². The molecule has 2 heterocycles. The average Bonchev–Trinajstić information content (AvgIpc) is 2.76. The Bertz CT molecular complexity index is 679. The smallest absolute Gasteiger partial charge is 0.246 e. The van der Waals surface area contributed by atoms with Crippen molar-refractivity contribution in [2.75, 3.05) is 7.05 Å². The molecule has 0 radical (unpaired) electrons. The molecule has 102 valence electrons. The van der Waals surface area contributed by atoms with Crippen LogP contribution >= 0.6 is 0 Å². The molecule has 0 saturated heterocycles. The van der Waals surface area contributed by atoms with Crippen LogP contribution in [0.25, 0.3) is 0 Å². The summed E-state index contributed by atoms with van der Waals surface area (Å²) >= 11 is 0. The molecule has 0 aliphatic carbocycles. The summed E-state index contributed by atoms with van der Waals surface area (Å²) in [5.41, 5.74) is 2.11. The highest BCUT2D eigenvalue weighted by Gasteiger charge is 2.24. The molecule has 0 aromatic carbocycles. The predicted molar refractivity (Wildman–Crippen MR) is 71.0 cm³/mol. The molecule has 7 heteroatoms. The maximum atomic E-state index is 12.3. The van der Waals surface area contributed by atoms with Crippen molar-refractivity contribution in [3.63, 3.8) is 0 Å². The number of aryl methyl sites for hydroxylation is 2. The van der Waals surface area contributed by atoms with Crippen LogP contribution in [-0.2, 0) is 16.6 Å². The molecule has 0 aliphatic rings. The summed E-state index contributed by atoms with van der Waals surface area (Å²) in [5, 5.41) is 6.38. The van der Waals surface area contributed by atoms with Crippen LogP contribution in [0.1, 0.15) is 17.1 Å². The van der Waals surface area contributed by atoms with Crippen molar-refractivity contribution in [3.05, 3.63) is 41.5 Å². The van der Waals surface area contributed by atoms with Crippen LogP contribution in [0.5, 0.6) is 0 Å². The fraction of sp³-hybridized carbons (Fsp3) is 0.333. The molecule has 0 aliphatic heterocycles. The molecule has 0 atom stereocenters. The van der Waals surface area contributed by atoms with E-state index in [1.54, 1.807) is 13.0 Å². The van der Waals surface area contributed by atoms with E-state index in [4.69, 9.17) is 0 Å². The number of pyridine rings is 1. The van der Waals surface area contributed by atoms with Crippen LogP contribution in [0, 0.1) is 13.8 Å². The molecule has 19 heavy (non-hydrogen) atoms. The van der Waals surface area contributed by atoms with Crippen LogP contribution in [0.15, 0.2) is 29.3 Å². The maximum Gasteiger partial charge on any atom is 0.246 e. The summed E-state index contributed by atoms with van der Waals surface area (Å²) in [4.78, 5) is 4.50. The van der Waals surface area contributed by atoms with Gasteiger partial charge in [-0.1, -0.05) is 6.07 Å². The molecule has 0 spiro atoms. The number of hydrogen-bond acceptors (Lipinski definition) is 4.